The molecule has 2 saturated heterocycles. The van der Waals surface area contributed by atoms with Gasteiger partial charge in [0.15, 0.2) is 0 Å². The summed E-state index contributed by atoms with van der Waals surface area (Å²) >= 11 is 0. The molecule has 1 saturated carbocycles. The van der Waals surface area contributed by atoms with Gasteiger partial charge in [-0.3, -0.25) is 4.90 Å². The van der Waals surface area contributed by atoms with Crippen molar-refractivity contribution in [1.82, 2.24) is 4.90 Å². The molecular formula is C15H26N2O2. The summed E-state index contributed by atoms with van der Waals surface area (Å²) < 4.78 is 6.18. The van der Waals surface area contributed by atoms with E-state index in [0.29, 0.717) is 6.04 Å². The van der Waals surface area contributed by atoms with Crippen molar-refractivity contribution in [2.24, 2.45) is 5.16 Å². The predicted octanol–water partition coefficient (Wildman–Crippen LogP) is 2.79. The Morgan fingerprint density at radius 3 is 2.58 bits per heavy atom. The Labute approximate surface area is 115 Å². The maximum atomic E-state index is 8.84. The van der Waals surface area contributed by atoms with Gasteiger partial charge in [-0.25, -0.2) is 0 Å². The van der Waals surface area contributed by atoms with Gasteiger partial charge in [0.2, 0.25) is 0 Å². The van der Waals surface area contributed by atoms with Gasteiger partial charge >= 0.3 is 0 Å². The van der Waals surface area contributed by atoms with Crippen molar-refractivity contribution in [3.05, 3.63) is 0 Å². The second-order valence-corrected chi connectivity index (χ2v) is 6.44. The fourth-order valence-electron chi connectivity index (χ4n) is 4.11. The molecule has 0 amide bonds. The Morgan fingerprint density at radius 1 is 1.16 bits per heavy atom. The molecule has 1 unspecified atom stereocenters. The Balaban J connectivity index is 1.59. The van der Waals surface area contributed by atoms with E-state index in [9.17, 15) is 0 Å². The maximum absolute atomic E-state index is 8.84. The molecule has 3 aliphatic rings. The van der Waals surface area contributed by atoms with E-state index in [2.05, 4.69) is 10.1 Å². The molecule has 108 valence electrons. The summed E-state index contributed by atoms with van der Waals surface area (Å²) in [4.78, 5) is 2.60. The highest BCUT2D eigenvalue weighted by Gasteiger charge is 2.40. The van der Waals surface area contributed by atoms with Gasteiger partial charge in [0.1, 0.15) is 0 Å². The first-order valence-corrected chi connectivity index (χ1v) is 7.89. The van der Waals surface area contributed by atoms with E-state index >= 15 is 0 Å². The summed E-state index contributed by atoms with van der Waals surface area (Å²) in [7, 11) is 0. The van der Waals surface area contributed by atoms with Crippen LogP contribution >= 0.6 is 0 Å². The monoisotopic (exact) mass is 266 g/mol. The predicted molar refractivity (Wildman–Crippen MR) is 74.8 cm³/mol. The van der Waals surface area contributed by atoms with Gasteiger partial charge in [-0.1, -0.05) is 24.4 Å². The lowest BCUT2D eigenvalue weighted by Crippen LogP contribution is -2.51. The van der Waals surface area contributed by atoms with Crippen molar-refractivity contribution in [3.63, 3.8) is 0 Å². The van der Waals surface area contributed by atoms with E-state index in [4.69, 9.17) is 9.94 Å². The van der Waals surface area contributed by atoms with Crippen molar-refractivity contribution < 1.29 is 9.94 Å². The zero-order chi connectivity index (χ0) is 13.1. The van der Waals surface area contributed by atoms with Gasteiger partial charge in [-0.15, -0.1) is 0 Å². The summed E-state index contributed by atoms with van der Waals surface area (Å²) in [6.07, 6.45) is 10.9. The van der Waals surface area contributed by atoms with Crippen LogP contribution in [0.5, 0.6) is 0 Å². The fourth-order valence-corrected chi connectivity index (χ4v) is 4.11. The summed E-state index contributed by atoms with van der Waals surface area (Å²) in [5.41, 5.74) is 1.17. The molecule has 0 bridgehead atoms. The molecule has 4 nitrogen and oxygen atoms in total. The first kappa shape index (κ1) is 13.4. The Hall–Kier alpha value is -0.610. The van der Waals surface area contributed by atoms with Crippen molar-refractivity contribution in [2.45, 2.75) is 69.4 Å². The highest BCUT2D eigenvalue weighted by Crippen LogP contribution is 2.40. The van der Waals surface area contributed by atoms with Crippen molar-refractivity contribution in [1.29, 1.82) is 0 Å². The highest BCUT2D eigenvalue weighted by atomic mass is 16.5. The molecule has 2 aliphatic heterocycles. The molecule has 19 heavy (non-hydrogen) atoms. The Morgan fingerprint density at radius 2 is 1.89 bits per heavy atom. The number of likely N-dealkylation sites (tertiary alicyclic amines) is 1. The average Bonchev–Trinajstić information content (AvgIpc) is 2.48. The number of oxime groups is 1. The molecule has 1 spiro atoms. The number of piperidine rings is 1. The van der Waals surface area contributed by atoms with Crippen LogP contribution in [0, 0.1) is 0 Å². The number of rotatable bonds is 1. The first-order chi connectivity index (χ1) is 9.31. The Kier molecular flexibility index (Phi) is 4.08. The van der Waals surface area contributed by atoms with Crippen LogP contribution in [0.25, 0.3) is 0 Å². The van der Waals surface area contributed by atoms with E-state index in [1.807, 2.05) is 0 Å². The van der Waals surface area contributed by atoms with Gasteiger partial charge in [-0.05, 0) is 25.7 Å². The van der Waals surface area contributed by atoms with E-state index in [-0.39, 0.29) is 5.60 Å². The number of nitrogens with zero attached hydrogens (tertiary/aromatic N) is 2. The lowest BCUT2D eigenvalue weighted by molar-refractivity contribution is -0.124. The van der Waals surface area contributed by atoms with E-state index in [1.54, 1.807) is 0 Å². The smallest absolute Gasteiger partial charge is 0.0697 e. The molecule has 3 rings (SSSR count). The average molecular weight is 266 g/mol. The number of hydrogen-bond acceptors (Lipinski definition) is 4. The second-order valence-electron chi connectivity index (χ2n) is 6.44. The quantitative estimate of drug-likeness (QED) is 0.586. The molecule has 1 N–H and O–H groups in total. The van der Waals surface area contributed by atoms with Crippen molar-refractivity contribution in [2.75, 3.05) is 19.7 Å². The van der Waals surface area contributed by atoms with Crippen molar-refractivity contribution >= 4 is 5.71 Å². The van der Waals surface area contributed by atoms with Crippen LogP contribution in [0.4, 0.5) is 0 Å². The van der Waals surface area contributed by atoms with Crippen LogP contribution in [0.1, 0.15) is 57.8 Å². The number of hydrogen-bond donors (Lipinski definition) is 1. The molecule has 3 fully saturated rings. The van der Waals surface area contributed by atoms with Crippen LogP contribution in [0.15, 0.2) is 5.16 Å². The third-order valence-corrected chi connectivity index (χ3v) is 5.26. The largest absolute Gasteiger partial charge is 0.411 e. The highest BCUT2D eigenvalue weighted by molar-refractivity contribution is 5.84. The third-order valence-electron chi connectivity index (χ3n) is 5.26. The van der Waals surface area contributed by atoms with Gasteiger partial charge < -0.3 is 9.94 Å². The standard InChI is InChI=1S/C15H26N2O2/c18-16-13-4-9-17(10-5-13)14-6-11-19-15(12-14)7-2-1-3-8-15/h14,18H,1-12H2. The molecule has 2 heterocycles. The fraction of sp³-hybridized carbons (Fsp3) is 0.933. The first-order valence-electron chi connectivity index (χ1n) is 7.89. The lowest BCUT2D eigenvalue weighted by atomic mass is 9.77. The minimum Gasteiger partial charge on any atom is -0.411 e. The zero-order valence-electron chi connectivity index (χ0n) is 11.8. The molecule has 1 atom stereocenters. The normalized spacial score (nSPS) is 32.4. The van der Waals surface area contributed by atoms with Crippen LogP contribution in [-0.2, 0) is 4.74 Å². The molecule has 4 heteroatoms. The topological polar surface area (TPSA) is 45.1 Å². The van der Waals surface area contributed by atoms with E-state index in [0.717, 1.165) is 38.2 Å². The molecule has 0 radical (unpaired) electrons. The van der Waals surface area contributed by atoms with Gasteiger partial charge in [-0.2, -0.15) is 0 Å². The third kappa shape index (κ3) is 2.95. The van der Waals surface area contributed by atoms with Crippen LogP contribution in [0.2, 0.25) is 0 Å². The Bertz CT molecular complexity index is 322. The molecule has 0 aromatic heterocycles. The lowest BCUT2D eigenvalue weighted by Gasteiger charge is -2.47. The molecule has 0 aromatic rings. The van der Waals surface area contributed by atoms with Gasteiger partial charge in [0, 0.05) is 38.6 Å². The minimum absolute atomic E-state index is 0.201. The summed E-state index contributed by atoms with van der Waals surface area (Å²) in [5.74, 6) is 0. The van der Waals surface area contributed by atoms with Gasteiger partial charge in [0.25, 0.3) is 0 Å². The second kappa shape index (κ2) is 5.80. The molecule has 0 aromatic carbocycles. The maximum Gasteiger partial charge on any atom is 0.0697 e. The summed E-state index contributed by atoms with van der Waals surface area (Å²) in [5, 5.41) is 12.2. The minimum atomic E-state index is 0.201. The van der Waals surface area contributed by atoms with Crippen LogP contribution < -0.4 is 0 Å². The van der Waals surface area contributed by atoms with Crippen molar-refractivity contribution in [3.8, 4) is 0 Å². The molecule has 1 aliphatic carbocycles. The van der Waals surface area contributed by atoms with E-state index in [1.165, 1.54) is 44.9 Å². The number of ether oxygens (including phenoxy) is 1. The summed E-state index contributed by atoms with van der Waals surface area (Å²) in [6.45, 7) is 3.04. The van der Waals surface area contributed by atoms with Gasteiger partial charge in [0.05, 0.1) is 11.3 Å². The van der Waals surface area contributed by atoms with E-state index < -0.39 is 0 Å². The molecular weight excluding hydrogens is 240 g/mol. The SMILES string of the molecule is ON=C1CCN(C2CCOC3(CCCCC3)C2)CC1. The van der Waals surface area contributed by atoms with Crippen LogP contribution in [-0.4, -0.2) is 47.2 Å². The zero-order valence-corrected chi connectivity index (χ0v) is 11.8. The summed E-state index contributed by atoms with van der Waals surface area (Å²) in [6, 6.07) is 0.687. The van der Waals surface area contributed by atoms with Crippen LogP contribution in [0.3, 0.4) is 0 Å².